The topological polar surface area (TPSA) is 33.5 Å². The molecule has 0 fully saturated rings. The van der Waals surface area contributed by atoms with Crippen LogP contribution in [-0.4, -0.2) is 9.55 Å². The first kappa shape index (κ1) is 40.5. The summed E-state index contributed by atoms with van der Waals surface area (Å²) in [5.41, 5.74) is 9.80. The normalized spacial score (nSPS) is 13.0. The van der Waals surface area contributed by atoms with E-state index in [4.69, 9.17) is 11.1 Å². The second kappa shape index (κ2) is 16.6. The first-order valence-electron chi connectivity index (χ1n) is 21.2. The molecule has 5 nitrogen and oxygen atoms in total. The van der Waals surface area contributed by atoms with Crippen LogP contribution < -0.4 is 14.5 Å². The minimum absolute atomic E-state index is 0. The molecule has 0 N–H and O–H groups in total. The van der Waals surface area contributed by atoms with Crippen LogP contribution in [-0.2, 0) is 26.5 Å². The van der Waals surface area contributed by atoms with Crippen molar-refractivity contribution in [3.05, 3.63) is 199 Å². The summed E-state index contributed by atoms with van der Waals surface area (Å²) in [7, 11) is 0. The summed E-state index contributed by atoms with van der Waals surface area (Å²) in [6.45, 7) is 12.3. The minimum atomic E-state index is -0.898. The van der Waals surface area contributed by atoms with E-state index in [1.54, 1.807) is 0 Å². The van der Waals surface area contributed by atoms with Gasteiger partial charge in [0.2, 0.25) is 0 Å². The van der Waals surface area contributed by atoms with E-state index in [1.807, 2.05) is 134 Å². The number of aromatic nitrogens is 2. The second-order valence-electron chi connectivity index (χ2n) is 16.9. The van der Waals surface area contributed by atoms with Gasteiger partial charge in [-0.15, -0.1) is 53.6 Å². The third-order valence-electron chi connectivity index (χ3n) is 11.5. The fourth-order valence-corrected chi connectivity index (χ4v) is 8.47. The maximum absolute atomic E-state index is 14.6. The van der Waals surface area contributed by atoms with Crippen molar-refractivity contribution >= 4 is 44.6 Å². The molecule has 63 heavy (non-hydrogen) atoms. The second-order valence-corrected chi connectivity index (χ2v) is 16.9. The van der Waals surface area contributed by atoms with Crippen molar-refractivity contribution in [1.82, 2.24) is 9.55 Å². The number of ether oxygens (including phenoxy) is 1. The number of halogens is 2. The van der Waals surface area contributed by atoms with Gasteiger partial charge in [-0.1, -0.05) is 113 Å². The third kappa shape index (κ3) is 7.80. The monoisotopic (exact) mass is 1010 g/mol. The average molecular weight is 1010 g/mol. The number of nitrogens with zero attached hydrogens (tertiary/aromatic N) is 4. The van der Waals surface area contributed by atoms with Crippen molar-refractivity contribution in [3.8, 4) is 39.6 Å². The van der Waals surface area contributed by atoms with Crippen molar-refractivity contribution in [2.24, 2.45) is 0 Å². The van der Waals surface area contributed by atoms with E-state index >= 15 is 0 Å². The molecule has 0 amide bonds. The summed E-state index contributed by atoms with van der Waals surface area (Å²) in [6.07, 6.45) is 1.86. The molecular formula is C55H43F2N4OPt-3. The largest absolute Gasteiger partial charge is 0.509 e. The van der Waals surface area contributed by atoms with Crippen LogP contribution in [0.4, 0.5) is 31.5 Å². The Morgan fingerprint density at radius 3 is 2.05 bits per heavy atom. The first-order valence-corrected chi connectivity index (χ1v) is 20.7. The minimum Gasteiger partial charge on any atom is -0.509 e. The molecule has 7 aromatic carbocycles. The van der Waals surface area contributed by atoms with E-state index in [0.29, 0.717) is 28.3 Å². The Morgan fingerprint density at radius 2 is 1.30 bits per heavy atom. The van der Waals surface area contributed by atoms with Gasteiger partial charge in [-0.2, -0.15) is 6.07 Å². The molecule has 1 aliphatic heterocycles. The number of hydrogen-bond acceptors (Lipinski definition) is 4. The van der Waals surface area contributed by atoms with Gasteiger partial charge in [-0.3, -0.25) is 0 Å². The van der Waals surface area contributed by atoms with Crippen LogP contribution in [0.3, 0.4) is 0 Å². The van der Waals surface area contributed by atoms with E-state index in [1.165, 1.54) is 17.7 Å². The number of hydrogen-bond donors (Lipinski definition) is 0. The van der Waals surface area contributed by atoms with E-state index in [0.717, 1.165) is 67.4 Å². The Balaban J connectivity index is 0.00000518. The van der Waals surface area contributed by atoms with Crippen LogP contribution in [0.25, 0.3) is 49.9 Å². The summed E-state index contributed by atoms with van der Waals surface area (Å²) < 4.78 is 47.2. The molecule has 2 aromatic heterocycles. The molecule has 9 aromatic rings. The molecule has 0 bridgehead atoms. The smallest absolute Gasteiger partial charge is 0.135 e. The molecule has 1 aliphatic rings. The summed E-state index contributed by atoms with van der Waals surface area (Å²) in [5.74, 6) is -0.449. The molecule has 0 spiro atoms. The maximum Gasteiger partial charge on any atom is 0.135 e. The van der Waals surface area contributed by atoms with Crippen LogP contribution in [0.1, 0.15) is 53.0 Å². The van der Waals surface area contributed by atoms with Crippen molar-refractivity contribution in [1.29, 1.82) is 0 Å². The first-order chi connectivity index (χ1) is 30.3. The molecule has 0 aliphatic carbocycles. The third-order valence-corrected chi connectivity index (χ3v) is 11.5. The quantitative estimate of drug-likeness (QED) is 0.142. The van der Waals surface area contributed by atoms with E-state index < -0.39 is 17.5 Å². The molecule has 0 saturated carbocycles. The zero-order valence-electron chi connectivity index (χ0n) is 36.4. The van der Waals surface area contributed by atoms with Gasteiger partial charge < -0.3 is 19.1 Å². The molecule has 316 valence electrons. The Labute approximate surface area is 382 Å². The molecule has 3 heterocycles. The standard InChI is InChI=1S/C55H43F2N4O.Pt/c1-35(2)44-14-6-7-15-45(44)37-28-41(59-34-60(52-21-13-12-20-51(52)59)49-18-10-8-16-46(49)36-26-39(56)31-40(57)27-36)32-43(29-37)62-42-22-23-48-47-17-9-11-19-50(47)61(53(48)33-42)54-30-38(24-25-58-54)55(3,4)5;/h6-31,34-35H,1-5H3;/q-3;/i35D;. The summed E-state index contributed by atoms with van der Waals surface area (Å²) in [4.78, 5) is 8.92. The Bertz CT molecular complexity index is 3200. The zero-order valence-corrected chi connectivity index (χ0v) is 37.6. The SMILES string of the molecule is [2H]C(C)(C)c1ccccc1-c1cc(Oc2[c-]c3c(cc2)c2ccccc2n3-c2cc(C(C)(C)C)ccn2)[c-]c(N2[CH-]N(c3ccccc3-c3cc(F)cc(F)c3)c3ccccc32)c1.[Pt]. The fourth-order valence-electron chi connectivity index (χ4n) is 8.47. The van der Waals surface area contributed by atoms with Crippen LogP contribution in [0.5, 0.6) is 11.5 Å². The molecule has 0 atom stereocenters. The van der Waals surface area contributed by atoms with Crippen LogP contribution in [0.2, 0.25) is 0 Å². The van der Waals surface area contributed by atoms with Crippen LogP contribution in [0.15, 0.2) is 158 Å². The van der Waals surface area contributed by atoms with Gasteiger partial charge in [0, 0.05) is 74.3 Å². The number of benzene rings is 7. The van der Waals surface area contributed by atoms with E-state index in [9.17, 15) is 8.78 Å². The number of rotatable bonds is 8. The van der Waals surface area contributed by atoms with Crippen molar-refractivity contribution < 1.29 is 36.0 Å². The number of pyridine rings is 1. The van der Waals surface area contributed by atoms with Gasteiger partial charge in [-0.25, -0.2) is 13.8 Å². The Hall–Kier alpha value is -6.56. The van der Waals surface area contributed by atoms with Gasteiger partial charge >= 0.3 is 0 Å². The van der Waals surface area contributed by atoms with Gasteiger partial charge in [0.15, 0.2) is 0 Å². The number of fused-ring (bicyclic) bond motifs is 4. The van der Waals surface area contributed by atoms with E-state index in [2.05, 4.69) is 73.9 Å². The predicted molar refractivity (Wildman–Crippen MR) is 248 cm³/mol. The summed E-state index contributed by atoms with van der Waals surface area (Å²) in [5, 5.41) is 2.11. The van der Waals surface area contributed by atoms with Gasteiger partial charge in [0.05, 0.1) is 0 Å². The van der Waals surface area contributed by atoms with Crippen molar-refractivity contribution in [2.45, 2.75) is 45.9 Å². The average Bonchev–Trinajstić information content (AvgIpc) is 3.81. The summed E-state index contributed by atoms with van der Waals surface area (Å²) >= 11 is 0. The van der Waals surface area contributed by atoms with Gasteiger partial charge in [0.25, 0.3) is 0 Å². The van der Waals surface area contributed by atoms with E-state index in [-0.39, 0.29) is 26.5 Å². The molecule has 0 unspecified atom stereocenters. The molecule has 0 radical (unpaired) electrons. The number of para-hydroxylation sites is 4. The predicted octanol–water partition coefficient (Wildman–Crippen LogP) is 15.0. The Kier molecular flexibility index (Phi) is 10.7. The van der Waals surface area contributed by atoms with Crippen molar-refractivity contribution in [3.63, 3.8) is 0 Å². The zero-order chi connectivity index (χ0) is 43.6. The van der Waals surface area contributed by atoms with Crippen LogP contribution >= 0.6 is 0 Å². The molecule has 0 saturated heterocycles. The van der Waals surface area contributed by atoms with Gasteiger partial charge in [0.1, 0.15) is 17.5 Å². The molecule has 10 rings (SSSR count). The number of anilines is 4. The summed E-state index contributed by atoms with van der Waals surface area (Å²) in [6, 6.07) is 54.9. The van der Waals surface area contributed by atoms with Crippen LogP contribution in [0, 0.1) is 30.4 Å². The maximum atomic E-state index is 14.6. The Morgan fingerprint density at radius 1 is 0.651 bits per heavy atom. The fraction of sp³-hybridized carbons (Fsp3) is 0.127. The molecule has 8 heteroatoms. The van der Waals surface area contributed by atoms with Crippen molar-refractivity contribution in [2.75, 3.05) is 9.80 Å². The molecular weight excluding hydrogens is 966 g/mol. The van der Waals surface area contributed by atoms with Gasteiger partial charge in [-0.05, 0) is 87.5 Å².